The van der Waals surface area contributed by atoms with Crippen molar-refractivity contribution in [2.75, 3.05) is 0 Å². The minimum absolute atomic E-state index is 0.247. The van der Waals surface area contributed by atoms with Crippen LogP contribution in [0.25, 0.3) is 0 Å². The Hall–Kier alpha value is 1.34. The highest BCUT2D eigenvalue weighted by molar-refractivity contribution is 14.1. The molecule has 0 N–H and O–H groups in total. The fourth-order valence-corrected chi connectivity index (χ4v) is 17.7. The normalized spacial score (nSPS) is 15.0. The van der Waals surface area contributed by atoms with Gasteiger partial charge in [0.2, 0.25) is 0 Å². The van der Waals surface area contributed by atoms with Crippen LogP contribution >= 0.6 is 22.9 Å². The molecule has 5 heteroatoms. The molecule has 0 saturated carbocycles. The van der Waals surface area contributed by atoms with E-state index in [1.54, 1.807) is 5.67 Å². The summed E-state index contributed by atoms with van der Waals surface area (Å²) in [6.07, 6.45) is 0. The zero-order valence-corrected chi connectivity index (χ0v) is 14.8. The average molecular weight is 331 g/mol. The highest BCUT2D eigenvalue weighted by Crippen LogP contribution is 2.26. The maximum atomic E-state index is 2.74. The van der Waals surface area contributed by atoms with Crippen LogP contribution in [0, 0.1) is 0 Å². The second kappa shape index (κ2) is 4.72. The summed E-state index contributed by atoms with van der Waals surface area (Å²) < 4.78 is 2.74. The van der Waals surface area contributed by atoms with Gasteiger partial charge < -0.3 is 0 Å². The summed E-state index contributed by atoms with van der Waals surface area (Å²) >= 11 is 2.59. The van der Waals surface area contributed by atoms with Crippen molar-refractivity contribution in [2.45, 2.75) is 44.9 Å². The molecule has 0 aromatic heterocycles. The van der Waals surface area contributed by atoms with Crippen LogP contribution in [0.5, 0.6) is 0 Å². The van der Waals surface area contributed by atoms with Crippen molar-refractivity contribution < 1.29 is 0 Å². The smallest absolute Gasteiger partial charge is 0.122 e. The van der Waals surface area contributed by atoms with E-state index >= 15 is 0 Å². The molecule has 0 aromatic rings. The van der Waals surface area contributed by atoms with E-state index in [0.717, 1.165) is 0 Å². The minimum Gasteiger partial charge on any atom is -0.290 e. The lowest BCUT2D eigenvalue weighted by Crippen LogP contribution is -2.55. The van der Waals surface area contributed by atoms with Crippen LogP contribution in [0.3, 0.4) is 0 Å². The van der Waals surface area contributed by atoms with Gasteiger partial charge >= 0.3 is 0 Å². The predicted octanol–water partition coefficient (Wildman–Crippen LogP) is 2.85. The van der Waals surface area contributed by atoms with Gasteiger partial charge in [-0.05, 0) is 0 Å². The topological polar surface area (TPSA) is 3.24 Å². The number of halogens is 1. The number of nitrogens with zero attached hydrogens (tertiary/aromatic N) is 1. The van der Waals surface area contributed by atoms with E-state index in [1.165, 1.54) is 0 Å². The van der Waals surface area contributed by atoms with Crippen molar-refractivity contribution >= 4 is 48.9 Å². The lowest BCUT2D eigenvalue weighted by atomic mass is 11.8. The second-order valence-electron chi connectivity index (χ2n) is 5.01. The van der Waals surface area contributed by atoms with E-state index in [2.05, 4.69) is 64.6 Å². The molecule has 0 heterocycles. The highest BCUT2D eigenvalue weighted by atomic mass is 127. The summed E-state index contributed by atoms with van der Waals surface area (Å²) in [7, 11) is -1.78. The molecule has 12 heavy (non-hydrogen) atoms. The SMILES string of the molecule is C[SiH2]C[Si](C)(C)N(I)[Si](C)(C)C. The molecule has 0 aromatic carbocycles. The first-order valence-electron chi connectivity index (χ1n) is 4.68. The number of hydrogen-bond donors (Lipinski definition) is 0. The zero-order valence-electron chi connectivity index (χ0n) is 9.24. The van der Waals surface area contributed by atoms with Crippen molar-refractivity contribution in [1.29, 1.82) is 0 Å². The molecule has 0 rings (SSSR count). The third-order valence-electron chi connectivity index (χ3n) is 1.98. The van der Waals surface area contributed by atoms with Gasteiger partial charge in [0.25, 0.3) is 0 Å². The molecule has 0 saturated heterocycles. The van der Waals surface area contributed by atoms with Gasteiger partial charge in [0.1, 0.15) is 16.5 Å². The summed E-state index contributed by atoms with van der Waals surface area (Å²) in [5.41, 5.74) is 1.57. The third-order valence-corrected chi connectivity index (χ3v) is 23.2. The Labute approximate surface area is 95.8 Å². The Morgan fingerprint density at radius 1 is 1.17 bits per heavy atom. The fraction of sp³-hybridized carbons (Fsp3) is 1.00. The first kappa shape index (κ1) is 13.3. The molecule has 0 spiro atoms. The molecule has 0 unspecified atom stereocenters. The van der Waals surface area contributed by atoms with Crippen LogP contribution in [0.15, 0.2) is 0 Å². The van der Waals surface area contributed by atoms with Gasteiger partial charge in [0, 0.05) is 32.4 Å². The molecular weight excluding hydrogens is 309 g/mol. The quantitative estimate of drug-likeness (QED) is 0.435. The van der Waals surface area contributed by atoms with Crippen LogP contribution in [0.4, 0.5) is 0 Å². The molecule has 0 atom stereocenters. The van der Waals surface area contributed by atoms with Gasteiger partial charge in [0.15, 0.2) is 0 Å². The minimum atomic E-state index is -1.03. The first-order chi connectivity index (χ1) is 5.22. The molecule has 1 nitrogen and oxygen atoms in total. The Bertz CT molecular complexity index is 144. The lowest BCUT2D eigenvalue weighted by molar-refractivity contribution is 1.05. The Kier molecular flexibility index (Phi) is 5.25. The van der Waals surface area contributed by atoms with Crippen LogP contribution in [0.1, 0.15) is 0 Å². The predicted molar refractivity (Wildman–Crippen MR) is 75.9 cm³/mol. The van der Waals surface area contributed by atoms with Crippen molar-refractivity contribution in [3.05, 3.63) is 0 Å². The van der Waals surface area contributed by atoms with Gasteiger partial charge in [-0.1, -0.05) is 44.9 Å². The van der Waals surface area contributed by atoms with E-state index in [9.17, 15) is 0 Å². The van der Waals surface area contributed by atoms with E-state index < -0.39 is 16.5 Å². The van der Waals surface area contributed by atoms with Crippen molar-refractivity contribution in [1.82, 2.24) is 2.44 Å². The highest BCUT2D eigenvalue weighted by Gasteiger charge is 2.35. The van der Waals surface area contributed by atoms with Gasteiger partial charge in [-0.2, -0.15) is 0 Å². The molecule has 0 aliphatic carbocycles. The van der Waals surface area contributed by atoms with Crippen LogP contribution < -0.4 is 0 Å². The third kappa shape index (κ3) is 4.03. The summed E-state index contributed by atoms with van der Waals surface area (Å²) in [5, 5.41) is 0. The summed E-state index contributed by atoms with van der Waals surface area (Å²) in [6.45, 7) is 14.8. The van der Waals surface area contributed by atoms with Gasteiger partial charge in [0.05, 0.1) is 0 Å². The maximum absolute atomic E-state index is 2.74. The second-order valence-corrected chi connectivity index (χ2v) is 20.1. The van der Waals surface area contributed by atoms with E-state index in [0.29, 0.717) is 0 Å². The molecule has 0 fully saturated rings. The lowest BCUT2D eigenvalue weighted by Gasteiger charge is -2.40. The average Bonchev–Trinajstić information content (AvgIpc) is 1.84. The monoisotopic (exact) mass is 331 g/mol. The van der Waals surface area contributed by atoms with Crippen LogP contribution in [0.2, 0.25) is 44.9 Å². The number of hydrogen-bond acceptors (Lipinski definition) is 1. The zero-order chi connectivity index (χ0) is 9.99. The van der Waals surface area contributed by atoms with Gasteiger partial charge in [-0.3, -0.25) is 2.44 Å². The van der Waals surface area contributed by atoms with Crippen LogP contribution in [-0.4, -0.2) is 28.4 Å². The number of rotatable bonds is 4. The molecular formula is C7H22INSi3. The van der Waals surface area contributed by atoms with Gasteiger partial charge in [-0.15, -0.1) is 0 Å². The Morgan fingerprint density at radius 2 is 1.58 bits per heavy atom. The Morgan fingerprint density at radius 3 is 1.83 bits per heavy atom. The molecule has 0 radical (unpaired) electrons. The summed E-state index contributed by atoms with van der Waals surface area (Å²) in [5.74, 6) is 0. The largest absolute Gasteiger partial charge is 0.290 e. The fourth-order valence-electron chi connectivity index (χ4n) is 1.62. The first-order valence-corrected chi connectivity index (χ1v) is 14.7. The molecule has 0 amide bonds. The summed E-state index contributed by atoms with van der Waals surface area (Å²) in [6, 6.07) is 0. The molecule has 0 bridgehead atoms. The van der Waals surface area contributed by atoms with E-state index in [1.807, 2.05) is 0 Å². The van der Waals surface area contributed by atoms with Crippen LogP contribution in [-0.2, 0) is 0 Å². The van der Waals surface area contributed by atoms with Crippen molar-refractivity contribution in [3.63, 3.8) is 0 Å². The summed E-state index contributed by atoms with van der Waals surface area (Å²) in [4.78, 5) is 0. The van der Waals surface area contributed by atoms with Gasteiger partial charge in [-0.25, -0.2) is 0 Å². The van der Waals surface area contributed by atoms with E-state index in [4.69, 9.17) is 0 Å². The molecule has 0 aliphatic heterocycles. The van der Waals surface area contributed by atoms with Crippen molar-refractivity contribution in [3.8, 4) is 0 Å². The standard InChI is InChI=1S/C7H22INSi3/c1-10-7-12(5,6)9(8)11(2,3)4/h7,10H2,1-6H3. The van der Waals surface area contributed by atoms with E-state index in [-0.39, 0.29) is 9.52 Å². The Balaban J connectivity index is 4.34. The van der Waals surface area contributed by atoms with Crippen molar-refractivity contribution in [2.24, 2.45) is 0 Å². The maximum Gasteiger partial charge on any atom is 0.122 e. The molecule has 74 valence electrons. The molecule has 0 aliphatic rings.